The number of ether oxygens (including phenoxy) is 1. The maximum Gasteiger partial charge on any atom is 0.324 e. The van der Waals surface area contributed by atoms with Crippen LogP contribution in [0.2, 0.25) is 0 Å². The van der Waals surface area contributed by atoms with Gasteiger partial charge in [-0.1, -0.05) is 17.7 Å². The molecule has 1 N–H and O–H groups in total. The molecule has 0 saturated carbocycles. The molecule has 0 fully saturated rings. The van der Waals surface area contributed by atoms with Crippen LogP contribution >= 0.6 is 0 Å². The van der Waals surface area contributed by atoms with E-state index in [9.17, 15) is 23.3 Å². The highest BCUT2D eigenvalue weighted by molar-refractivity contribution is 7.89. The SMILES string of the molecule is Cc1ccc(S(=O)(=O)N[C@@H](C)C(=O)OCc2ccc([N+](=O)[O-])cc2)cc1. The van der Waals surface area contributed by atoms with Gasteiger partial charge < -0.3 is 4.74 Å². The standard InChI is InChI=1S/C17H18N2O6S/c1-12-3-9-16(10-4-12)26(23,24)18-13(2)17(20)25-11-14-5-7-15(8-6-14)19(21)22/h3-10,13,18H,11H2,1-2H3/t13-/m0/s1. The molecule has 2 rings (SSSR count). The van der Waals surface area contributed by atoms with Gasteiger partial charge in [-0.3, -0.25) is 14.9 Å². The maximum absolute atomic E-state index is 12.3. The van der Waals surface area contributed by atoms with E-state index in [-0.39, 0.29) is 17.2 Å². The fourth-order valence-corrected chi connectivity index (χ4v) is 3.25. The van der Waals surface area contributed by atoms with Crippen molar-refractivity contribution >= 4 is 21.7 Å². The molecule has 1 atom stereocenters. The molecule has 9 heteroatoms. The monoisotopic (exact) mass is 378 g/mol. The molecule has 0 aliphatic heterocycles. The first-order valence-corrected chi connectivity index (χ1v) is 9.16. The number of sulfonamides is 1. The number of hydrogen-bond acceptors (Lipinski definition) is 6. The van der Waals surface area contributed by atoms with Crippen LogP contribution in [-0.4, -0.2) is 25.4 Å². The fourth-order valence-electron chi connectivity index (χ4n) is 2.06. The number of nitro benzene ring substituents is 1. The van der Waals surface area contributed by atoms with E-state index in [1.807, 2.05) is 6.92 Å². The van der Waals surface area contributed by atoms with E-state index in [1.54, 1.807) is 12.1 Å². The number of hydrogen-bond donors (Lipinski definition) is 1. The topological polar surface area (TPSA) is 116 Å². The van der Waals surface area contributed by atoms with E-state index in [1.165, 1.54) is 43.3 Å². The quantitative estimate of drug-likeness (QED) is 0.449. The summed E-state index contributed by atoms with van der Waals surface area (Å²) in [5.41, 5.74) is 1.40. The van der Waals surface area contributed by atoms with E-state index in [4.69, 9.17) is 4.74 Å². The highest BCUT2D eigenvalue weighted by Crippen LogP contribution is 2.13. The van der Waals surface area contributed by atoms with Crippen molar-refractivity contribution in [3.8, 4) is 0 Å². The molecule has 0 aliphatic rings. The van der Waals surface area contributed by atoms with Gasteiger partial charge in [0.05, 0.1) is 9.82 Å². The molecule has 8 nitrogen and oxygen atoms in total. The zero-order chi connectivity index (χ0) is 19.3. The Balaban J connectivity index is 1.94. The Morgan fingerprint density at radius 3 is 2.27 bits per heavy atom. The van der Waals surface area contributed by atoms with Gasteiger partial charge >= 0.3 is 5.97 Å². The van der Waals surface area contributed by atoms with Gasteiger partial charge in [-0.05, 0) is 43.7 Å². The molecule has 0 aromatic heterocycles. The van der Waals surface area contributed by atoms with Crippen LogP contribution in [-0.2, 0) is 26.2 Å². The van der Waals surface area contributed by atoms with Crippen molar-refractivity contribution < 1.29 is 22.9 Å². The van der Waals surface area contributed by atoms with E-state index in [0.717, 1.165) is 5.56 Å². The van der Waals surface area contributed by atoms with Gasteiger partial charge in [0.15, 0.2) is 0 Å². The Bertz CT molecular complexity index is 892. The third kappa shape index (κ3) is 5.11. The molecule has 0 saturated heterocycles. The van der Waals surface area contributed by atoms with Gasteiger partial charge in [-0.25, -0.2) is 8.42 Å². The van der Waals surface area contributed by atoms with Gasteiger partial charge in [0.2, 0.25) is 10.0 Å². The number of non-ortho nitro benzene ring substituents is 1. The summed E-state index contributed by atoms with van der Waals surface area (Å²) in [6, 6.07) is 10.7. The number of benzene rings is 2. The van der Waals surface area contributed by atoms with Crippen LogP contribution in [0.25, 0.3) is 0 Å². The molecule has 2 aromatic rings. The van der Waals surface area contributed by atoms with E-state index >= 15 is 0 Å². The van der Waals surface area contributed by atoms with Gasteiger partial charge in [-0.2, -0.15) is 4.72 Å². The van der Waals surface area contributed by atoms with E-state index in [2.05, 4.69) is 4.72 Å². The highest BCUT2D eigenvalue weighted by atomic mass is 32.2. The average molecular weight is 378 g/mol. The van der Waals surface area contributed by atoms with Crippen molar-refractivity contribution in [2.24, 2.45) is 0 Å². The average Bonchev–Trinajstić information content (AvgIpc) is 2.60. The van der Waals surface area contributed by atoms with Crippen LogP contribution in [0.1, 0.15) is 18.1 Å². The lowest BCUT2D eigenvalue weighted by molar-refractivity contribution is -0.384. The first-order chi connectivity index (χ1) is 12.2. The highest BCUT2D eigenvalue weighted by Gasteiger charge is 2.23. The fraction of sp³-hybridized carbons (Fsp3) is 0.235. The summed E-state index contributed by atoms with van der Waals surface area (Å²) in [5, 5.41) is 10.6. The predicted octanol–water partition coefficient (Wildman–Crippen LogP) is 2.31. The summed E-state index contributed by atoms with van der Waals surface area (Å²) in [6.45, 7) is 3.10. The number of nitrogens with one attached hydrogen (secondary N) is 1. The summed E-state index contributed by atoms with van der Waals surface area (Å²) in [7, 11) is -3.85. The predicted molar refractivity (Wildman–Crippen MR) is 93.9 cm³/mol. The largest absolute Gasteiger partial charge is 0.460 e. The zero-order valence-electron chi connectivity index (χ0n) is 14.2. The minimum absolute atomic E-state index is 0.0538. The Kier molecular flexibility index (Phi) is 6.06. The molecule has 26 heavy (non-hydrogen) atoms. The van der Waals surface area contributed by atoms with E-state index < -0.39 is 27.0 Å². The van der Waals surface area contributed by atoms with Crippen molar-refractivity contribution in [2.45, 2.75) is 31.4 Å². The third-order valence-electron chi connectivity index (χ3n) is 3.55. The number of carbonyl (C=O) groups is 1. The number of nitro groups is 1. The van der Waals surface area contributed by atoms with Crippen molar-refractivity contribution in [1.82, 2.24) is 4.72 Å². The molecule has 0 spiro atoms. The van der Waals surface area contributed by atoms with Gasteiger partial charge in [0.25, 0.3) is 5.69 Å². The summed E-state index contributed by atoms with van der Waals surface area (Å²) >= 11 is 0. The summed E-state index contributed by atoms with van der Waals surface area (Å²) in [6.07, 6.45) is 0. The second-order valence-corrected chi connectivity index (χ2v) is 7.40. The molecular weight excluding hydrogens is 360 g/mol. The molecule has 138 valence electrons. The first-order valence-electron chi connectivity index (χ1n) is 7.68. The smallest absolute Gasteiger partial charge is 0.324 e. The lowest BCUT2D eigenvalue weighted by atomic mass is 10.2. The summed E-state index contributed by atoms with van der Waals surface area (Å²) < 4.78 is 31.8. The van der Waals surface area contributed by atoms with Gasteiger partial charge in [0.1, 0.15) is 12.6 Å². The van der Waals surface area contributed by atoms with Crippen LogP contribution in [0, 0.1) is 17.0 Å². The van der Waals surface area contributed by atoms with E-state index in [0.29, 0.717) is 5.56 Å². The van der Waals surface area contributed by atoms with Crippen LogP contribution in [0.4, 0.5) is 5.69 Å². The lowest BCUT2D eigenvalue weighted by Crippen LogP contribution is -2.39. The summed E-state index contributed by atoms with van der Waals surface area (Å²) in [5.74, 6) is -0.751. The molecule has 0 heterocycles. The minimum Gasteiger partial charge on any atom is -0.460 e. The number of rotatable bonds is 7. The van der Waals surface area contributed by atoms with Crippen LogP contribution in [0.3, 0.4) is 0 Å². The van der Waals surface area contributed by atoms with Gasteiger partial charge in [-0.15, -0.1) is 0 Å². The molecule has 0 amide bonds. The maximum atomic E-state index is 12.3. The minimum atomic E-state index is -3.85. The molecule has 0 radical (unpaired) electrons. The number of nitrogens with zero attached hydrogens (tertiary/aromatic N) is 1. The number of carbonyl (C=O) groups excluding carboxylic acids is 1. The van der Waals surface area contributed by atoms with Crippen molar-refractivity contribution in [1.29, 1.82) is 0 Å². The molecule has 0 aliphatic carbocycles. The normalized spacial score (nSPS) is 12.4. The molecule has 0 unspecified atom stereocenters. The Morgan fingerprint density at radius 1 is 1.15 bits per heavy atom. The van der Waals surface area contributed by atoms with Crippen LogP contribution in [0.5, 0.6) is 0 Å². The Labute approximate surface area is 151 Å². The third-order valence-corrected chi connectivity index (χ3v) is 5.10. The van der Waals surface area contributed by atoms with Crippen molar-refractivity contribution in [3.05, 3.63) is 69.8 Å². The van der Waals surface area contributed by atoms with Crippen molar-refractivity contribution in [3.63, 3.8) is 0 Å². The Hall–Kier alpha value is -2.78. The lowest BCUT2D eigenvalue weighted by Gasteiger charge is -2.14. The summed E-state index contributed by atoms with van der Waals surface area (Å²) in [4.78, 5) is 22.1. The van der Waals surface area contributed by atoms with Gasteiger partial charge in [0, 0.05) is 12.1 Å². The Morgan fingerprint density at radius 2 is 1.73 bits per heavy atom. The second kappa shape index (κ2) is 8.07. The van der Waals surface area contributed by atoms with Crippen LogP contribution < -0.4 is 4.72 Å². The molecule has 0 bridgehead atoms. The number of aryl methyl sites for hydroxylation is 1. The molecule has 2 aromatic carbocycles. The van der Waals surface area contributed by atoms with Crippen LogP contribution in [0.15, 0.2) is 53.4 Å². The molecular formula is C17H18N2O6S. The van der Waals surface area contributed by atoms with Crippen molar-refractivity contribution in [2.75, 3.05) is 0 Å². The first kappa shape index (κ1) is 19.5. The second-order valence-electron chi connectivity index (χ2n) is 5.69. The number of esters is 1. The zero-order valence-corrected chi connectivity index (χ0v) is 15.0.